The standard InChI is InChI=1S/C17H27N3O3/c1-12-18-17(23-19-12)6-14-10-22-11-15-8-20(9-16(14)15)7-13-2-4-21-5-3-13/h13-16H,2-11H2,1H3/t14-,15-,16+/m1/s1. The number of aryl methyl sites for hydroxylation is 1. The van der Waals surface area contributed by atoms with Gasteiger partial charge in [-0.3, -0.25) is 0 Å². The van der Waals surface area contributed by atoms with Gasteiger partial charge in [-0.1, -0.05) is 5.16 Å². The van der Waals surface area contributed by atoms with Gasteiger partial charge in [0.1, 0.15) is 0 Å². The molecule has 6 heteroatoms. The van der Waals surface area contributed by atoms with E-state index in [1.165, 1.54) is 32.5 Å². The second kappa shape index (κ2) is 6.87. The smallest absolute Gasteiger partial charge is 0.227 e. The van der Waals surface area contributed by atoms with Gasteiger partial charge >= 0.3 is 0 Å². The van der Waals surface area contributed by atoms with Crippen LogP contribution in [-0.4, -0.2) is 61.1 Å². The molecule has 128 valence electrons. The monoisotopic (exact) mass is 321 g/mol. The predicted octanol–water partition coefficient (Wildman–Crippen LogP) is 1.54. The van der Waals surface area contributed by atoms with Crippen LogP contribution in [0.5, 0.6) is 0 Å². The van der Waals surface area contributed by atoms with Crippen LogP contribution in [0.15, 0.2) is 4.52 Å². The molecule has 3 fully saturated rings. The van der Waals surface area contributed by atoms with Crippen molar-refractivity contribution in [3.8, 4) is 0 Å². The normalized spacial score (nSPS) is 33.0. The van der Waals surface area contributed by atoms with E-state index in [-0.39, 0.29) is 0 Å². The highest BCUT2D eigenvalue weighted by Gasteiger charge is 2.41. The van der Waals surface area contributed by atoms with Crippen molar-refractivity contribution >= 4 is 0 Å². The van der Waals surface area contributed by atoms with Gasteiger partial charge in [0.2, 0.25) is 5.89 Å². The summed E-state index contributed by atoms with van der Waals surface area (Å²) in [6.07, 6.45) is 3.28. The van der Waals surface area contributed by atoms with Gasteiger partial charge in [-0.15, -0.1) is 0 Å². The first-order chi connectivity index (χ1) is 11.3. The number of rotatable bonds is 4. The summed E-state index contributed by atoms with van der Waals surface area (Å²) in [4.78, 5) is 7.03. The lowest BCUT2D eigenvalue weighted by Gasteiger charge is -2.32. The fourth-order valence-electron chi connectivity index (χ4n) is 4.49. The minimum atomic E-state index is 0.508. The molecule has 1 aromatic rings. The van der Waals surface area contributed by atoms with E-state index in [9.17, 15) is 0 Å². The summed E-state index contributed by atoms with van der Waals surface area (Å²) in [5, 5.41) is 3.91. The molecule has 0 saturated carbocycles. The summed E-state index contributed by atoms with van der Waals surface area (Å²) in [7, 11) is 0. The molecule has 4 heterocycles. The number of hydrogen-bond donors (Lipinski definition) is 0. The zero-order valence-corrected chi connectivity index (χ0v) is 13.9. The number of ether oxygens (including phenoxy) is 2. The van der Waals surface area contributed by atoms with Gasteiger partial charge in [-0.25, -0.2) is 0 Å². The lowest BCUT2D eigenvalue weighted by atomic mass is 9.81. The summed E-state index contributed by atoms with van der Waals surface area (Å²) in [5.41, 5.74) is 0. The molecule has 3 aliphatic heterocycles. The molecule has 0 amide bonds. The van der Waals surface area contributed by atoms with Crippen LogP contribution in [0.25, 0.3) is 0 Å². The summed E-state index contributed by atoms with van der Waals surface area (Å²) < 4.78 is 16.7. The summed E-state index contributed by atoms with van der Waals surface area (Å²) >= 11 is 0. The maximum absolute atomic E-state index is 5.88. The lowest BCUT2D eigenvalue weighted by Crippen LogP contribution is -2.36. The van der Waals surface area contributed by atoms with Crippen LogP contribution in [0.3, 0.4) is 0 Å². The molecule has 0 unspecified atom stereocenters. The second-order valence-corrected chi connectivity index (χ2v) is 7.44. The van der Waals surface area contributed by atoms with Gasteiger partial charge in [0, 0.05) is 39.3 Å². The maximum atomic E-state index is 5.88. The van der Waals surface area contributed by atoms with E-state index in [0.717, 1.165) is 50.5 Å². The van der Waals surface area contributed by atoms with E-state index in [2.05, 4.69) is 15.0 Å². The Morgan fingerprint density at radius 1 is 1.13 bits per heavy atom. The molecule has 0 aliphatic carbocycles. The maximum Gasteiger partial charge on any atom is 0.227 e. The van der Waals surface area contributed by atoms with Crippen molar-refractivity contribution in [3.05, 3.63) is 11.7 Å². The van der Waals surface area contributed by atoms with Gasteiger partial charge in [-0.2, -0.15) is 4.98 Å². The molecule has 3 aliphatic rings. The third-order valence-corrected chi connectivity index (χ3v) is 5.70. The Hall–Kier alpha value is -0.980. The van der Waals surface area contributed by atoms with Crippen molar-refractivity contribution in [3.63, 3.8) is 0 Å². The number of hydrogen-bond acceptors (Lipinski definition) is 6. The molecule has 0 N–H and O–H groups in total. The molecule has 0 spiro atoms. The molecule has 0 radical (unpaired) electrons. The Balaban J connectivity index is 1.36. The highest BCUT2D eigenvalue weighted by atomic mass is 16.5. The van der Waals surface area contributed by atoms with E-state index < -0.39 is 0 Å². The molecule has 0 bridgehead atoms. The second-order valence-electron chi connectivity index (χ2n) is 7.44. The van der Waals surface area contributed by atoms with Crippen LogP contribution in [0, 0.1) is 30.6 Å². The Bertz CT molecular complexity index is 515. The van der Waals surface area contributed by atoms with E-state index >= 15 is 0 Å². The topological polar surface area (TPSA) is 60.6 Å². The quantitative estimate of drug-likeness (QED) is 0.838. The molecular weight excluding hydrogens is 294 g/mol. The van der Waals surface area contributed by atoms with Crippen molar-refractivity contribution < 1.29 is 14.0 Å². The minimum Gasteiger partial charge on any atom is -0.381 e. The van der Waals surface area contributed by atoms with Crippen LogP contribution in [-0.2, 0) is 15.9 Å². The van der Waals surface area contributed by atoms with Crippen LogP contribution in [0.4, 0.5) is 0 Å². The van der Waals surface area contributed by atoms with E-state index in [1.54, 1.807) is 0 Å². The van der Waals surface area contributed by atoms with Crippen LogP contribution < -0.4 is 0 Å². The van der Waals surface area contributed by atoms with E-state index in [4.69, 9.17) is 14.0 Å². The molecule has 23 heavy (non-hydrogen) atoms. The first-order valence-electron chi connectivity index (χ1n) is 8.95. The molecule has 0 aromatic carbocycles. The highest BCUT2D eigenvalue weighted by Crippen LogP contribution is 2.36. The first kappa shape index (κ1) is 15.5. The third kappa shape index (κ3) is 3.59. The Labute approximate surface area is 137 Å². The zero-order valence-electron chi connectivity index (χ0n) is 13.9. The molecule has 4 rings (SSSR count). The van der Waals surface area contributed by atoms with Crippen molar-refractivity contribution in [2.45, 2.75) is 26.2 Å². The lowest BCUT2D eigenvalue weighted by molar-refractivity contribution is -0.0110. The van der Waals surface area contributed by atoms with Crippen molar-refractivity contribution in [1.82, 2.24) is 15.0 Å². The molecule has 3 saturated heterocycles. The fraction of sp³-hybridized carbons (Fsp3) is 0.882. The zero-order chi connectivity index (χ0) is 15.6. The molecule has 6 nitrogen and oxygen atoms in total. The number of fused-ring (bicyclic) bond motifs is 1. The van der Waals surface area contributed by atoms with Gasteiger partial charge in [0.25, 0.3) is 0 Å². The Kier molecular flexibility index (Phi) is 4.64. The minimum absolute atomic E-state index is 0.508. The molecule has 3 atom stereocenters. The summed E-state index contributed by atoms with van der Waals surface area (Å²) in [6.45, 7) is 9.09. The van der Waals surface area contributed by atoms with Crippen LogP contribution in [0.2, 0.25) is 0 Å². The van der Waals surface area contributed by atoms with Gasteiger partial charge in [0.15, 0.2) is 5.82 Å². The number of likely N-dealkylation sites (tertiary alicyclic amines) is 1. The average molecular weight is 321 g/mol. The van der Waals surface area contributed by atoms with Crippen LogP contribution >= 0.6 is 0 Å². The molecule has 1 aromatic heterocycles. The predicted molar refractivity (Wildman–Crippen MR) is 84.0 cm³/mol. The Morgan fingerprint density at radius 2 is 2.00 bits per heavy atom. The highest BCUT2D eigenvalue weighted by molar-refractivity contribution is 4.95. The van der Waals surface area contributed by atoms with Crippen molar-refractivity contribution in [2.75, 3.05) is 46.1 Å². The van der Waals surface area contributed by atoms with Crippen molar-refractivity contribution in [2.24, 2.45) is 23.7 Å². The molecular formula is C17H27N3O3. The first-order valence-corrected chi connectivity index (χ1v) is 8.95. The fourth-order valence-corrected chi connectivity index (χ4v) is 4.49. The van der Waals surface area contributed by atoms with Gasteiger partial charge in [-0.05, 0) is 43.4 Å². The van der Waals surface area contributed by atoms with Gasteiger partial charge in [0.05, 0.1) is 13.2 Å². The van der Waals surface area contributed by atoms with Gasteiger partial charge < -0.3 is 18.9 Å². The van der Waals surface area contributed by atoms with E-state index in [1.807, 2.05) is 6.92 Å². The summed E-state index contributed by atoms with van der Waals surface area (Å²) in [5.74, 6) is 4.17. The number of aromatic nitrogens is 2. The largest absolute Gasteiger partial charge is 0.381 e. The Morgan fingerprint density at radius 3 is 2.78 bits per heavy atom. The van der Waals surface area contributed by atoms with Crippen LogP contribution in [0.1, 0.15) is 24.6 Å². The summed E-state index contributed by atoms with van der Waals surface area (Å²) in [6, 6.07) is 0. The number of nitrogens with zero attached hydrogens (tertiary/aromatic N) is 3. The van der Waals surface area contributed by atoms with Crippen molar-refractivity contribution in [1.29, 1.82) is 0 Å². The SMILES string of the molecule is Cc1noc(C[C@@H]2COC[C@H]3CN(CC4CCOCC4)C[C@@H]23)n1. The van der Waals surface area contributed by atoms with E-state index in [0.29, 0.717) is 17.8 Å². The third-order valence-electron chi connectivity index (χ3n) is 5.70. The average Bonchev–Trinajstić information content (AvgIpc) is 3.15.